The second-order valence-corrected chi connectivity index (χ2v) is 4.47. The molecule has 1 N–H and O–H groups in total. The van der Waals surface area contributed by atoms with Crippen molar-refractivity contribution >= 4 is 0 Å². The summed E-state index contributed by atoms with van der Waals surface area (Å²) in [6, 6.07) is 9.23. The number of rotatable bonds is 3. The molecule has 0 radical (unpaired) electrons. The Bertz CT molecular complexity index is 553. The standard InChI is InChI=1S/C14H16N2O2/c1-9(2)11-6-4-5-7-13(11)18-14-12(17)8-10(3)15-16-14/h4-9H,1-3H3,(H,15,17). The SMILES string of the molecule is Cc1cc(O)c(Oc2ccccc2C(C)C)nn1. The van der Waals surface area contributed by atoms with Gasteiger partial charge in [0.15, 0.2) is 5.75 Å². The molecule has 0 bridgehead atoms. The van der Waals surface area contributed by atoms with E-state index in [2.05, 4.69) is 24.0 Å². The molecule has 0 atom stereocenters. The van der Waals surface area contributed by atoms with Crippen molar-refractivity contribution in [1.82, 2.24) is 10.2 Å². The third-order valence-corrected chi connectivity index (χ3v) is 2.61. The van der Waals surface area contributed by atoms with Crippen molar-refractivity contribution in [2.24, 2.45) is 0 Å². The number of hydrogen-bond donors (Lipinski definition) is 1. The molecule has 1 aromatic carbocycles. The van der Waals surface area contributed by atoms with E-state index in [1.165, 1.54) is 6.07 Å². The van der Waals surface area contributed by atoms with Crippen molar-refractivity contribution in [3.8, 4) is 17.4 Å². The highest BCUT2D eigenvalue weighted by molar-refractivity contribution is 5.41. The fourth-order valence-corrected chi connectivity index (χ4v) is 1.69. The molecule has 0 fully saturated rings. The van der Waals surface area contributed by atoms with Crippen molar-refractivity contribution < 1.29 is 9.84 Å². The average Bonchev–Trinajstić information content (AvgIpc) is 2.33. The Morgan fingerprint density at radius 1 is 1.17 bits per heavy atom. The van der Waals surface area contributed by atoms with Gasteiger partial charge < -0.3 is 9.84 Å². The van der Waals surface area contributed by atoms with E-state index in [9.17, 15) is 5.11 Å². The van der Waals surface area contributed by atoms with Crippen molar-refractivity contribution in [3.05, 3.63) is 41.6 Å². The molecule has 0 saturated carbocycles. The second-order valence-electron chi connectivity index (χ2n) is 4.47. The number of aryl methyl sites for hydroxylation is 1. The maximum atomic E-state index is 9.75. The topological polar surface area (TPSA) is 55.2 Å². The monoisotopic (exact) mass is 244 g/mol. The molecule has 4 nitrogen and oxygen atoms in total. The molecule has 1 aromatic heterocycles. The quantitative estimate of drug-likeness (QED) is 0.899. The lowest BCUT2D eigenvalue weighted by atomic mass is 10.0. The molecule has 2 rings (SSSR count). The molecule has 2 aromatic rings. The van der Waals surface area contributed by atoms with Crippen molar-refractivity contribution in [1.29, 1.82) is 0 Å². The average molecular weight is 244 g/mol. The number of aromatic nitrogens is 2. The van der Waals surface area contributed by atoms with Gasteiger partial charge in [0.1, 0.15) is 5.75 Å². The van der Waals surface area contributed by atoms with E-state index in [1.54, 1.807) is 6.92 Å². The van der Waals surface area contributed by atoms with Gasteiger partial charge in [-0.2, -0.15) is 5.10 Å². The van der Waals surface area contributed by atoms with Crippen LogP contribution in [0.2, 0.25) is 0 Å². The first-order chi connectivity index (χ1) is 8.58. The number of aromatic hydroxyl groups is 1. The Morgan fingerprint density at radius 3 is 2.56 bits per heavy atom. The van der Waals surface area contributed by atoms with Gasteiger partial charge in [-0.3, -0.25) is 0 Å². The van der Waals surface area contributed by atoms with Gasteiger partial charge in [0.2, 0.25) is 0 Å². The zero-order valence-corrected chi connectivity index (χ0v) is 10.7. The molecule has 18 heavy (non-hydrogen) atoms. The van der Waals surface area contributed by atoms with Crippen LogP contribution in [0.4, 0.5) is 0 Å². The summed E-state index contributed by atoms with van der Waals surface area (Å²) >= 11 is 0. The first-order valence-electron chi connectivity index (χ1n) is 5.88. The van der Waals surface area contributed by atoms with E-state index >= 15 is 0 Å². The predicted octanol–water partition coefficient (Wildman–Crippen LogP) is 3.41. The minimum atomic E-state index is 0.000981. The minimum absolute atomic E-state index is 0.000981. The lowest BCUT2D eigenvalue weighted by molar-refractivity contribution is 0.387. The van der Waals surface area contributed by atoms with Gasteiger partial charge in [-0.15, -0.1) is 5.10 Å². The largest absolute Gasteiger partial charge is 0.503 e. The lowest BCUT2D eigenvalue weighted by Crippen LogP contribution is -1.97. The summed E-state index contributed by atoms with van der Waals surface area (Å²) in [7, 11) is 0. The first-order valence-corrected chi connectivity index (χ1v) is 5.88. The molecule has 0 aliphatic rings. The molecular formula is C14H16N2O2. The highest BCUT2D eigenvalue weighted by atomic mass is 16.5. The predicted molar refractivity (Wildman–Crippen MR) is 69.0 cm³/mol. The van der Waals surface area contributed by atoms with Crippen molar-refractivity contribution in [3.63, 3.8) is 0 Å². The van der Waals surface area contributed by atoms with Crippen LogP contribution in [0.1, 0.15) is 31.0 Å². The maximum Gasteiger partial charge on any atom is 0.281 e. The van der Waals surface area contributed by atoms with Crippen molar-refractivity contribution in [2.45, 2.75) is 26.7 Å². The Labute approximate surface area is 106 Å². The molecule has 4 heteroatoms. The molecule has 0 aliphatic carbocycles. The third kappa shape index (κ3) is 2.59. The molecule has 0 unspecified atom stereocenters. The molecular weight excluding hydrogens is 228 g/mol. The summed E-state index contributed by atoms with van der Waals surface area (Å²) in [6.45, 7) is 5.93. The minimum Gasteiger partial charge on any atom is -0.503 e. The second kappa shape index (κ2) is 5.04. The van der Waals surface area contributed by atoms with E-state index in [-0.39, 0.29) is 11.6 Å². The van der Waals surface area contributed by atoms with Crippen molar-refractivity contribution in [2.75, 3.05) is 0 Å². The molecule has 0 saturated heterocycles. The van der Waals surface area contributed by atoms with Gasteiger partial charge in [0.05, 0.1) is 5.69 Å². The van der Waals surface area contributed by atoms with E-state index in [1.807, 2.05) is 24.3 Å². The zero-order valence-electron chi connectivity index (χ0n) is 10.7. The van der Waals surface area contributed by atoms with E-state index in [4.69, 9.17) is 4.74 Å². The summed E-state index contributed by atoms with van der Waals surface area (Å²) in [5.41, 5.74) is 1.72. The zero-order chi connectivity index (χ0) is 13.1. The molecule has 0 spiro atoms. The summed E-state index contributed by atoms with van der Waals surface area (Å²) in [5, 5.41) is 17.5. The van der Waals surface area contributed by atoms with Crippen LogP contribution in [0, 0.1) is 6.92 Å². The highest BCUT2D eigenvalue weighted by Gasteiger charge is 2.11. The summed E-state index contributed by atoms with van der Waals surface area (Å²) in [5.74, 6) is 1.16. The van der Waals surface area contributed by atoms with Crippen LogP contribution < -0.4 is 4.74 Å². The van der Waals surface area contributed by atoms with E-state index < -0.39 is 0 Å². The number of nitrogens with zero attached hydrogens (tertiary/aromatic N) is 2. The first kappa shape index (κ1) is 12.4. The molecule has 1 heterocycles. The number of hydrogen-bond acceptors (Lipinski definition) is 4. The van der Waals surface area contributed by atoms with Gasteiger partial charge in [-0.25, -0.2) is 0 Å². The Kier molecular flexibility index (Phi) is 3.46. The smallest absolute Gasteiger partial charge is 0.281 e. The fourth-order valence-electron chi connectivity index (χ4n) is 1.69. The Morgan fingerprint density at radius 2 is 1.89 bits per heavy atom. The molecule has 0 aliphatic heterocycles. The fraction of sp³-hybridized carbons (Fsp3) is 0.286. The number of ether oxygens (including phenoxy) is 1. The van der Waals surface area contributed by atoms with Gasteiger partial charge in [-0.1, -0.05) is 32.0 Å². The normalized spacial score (nSPS) is 10.7. The lowest BCUT2D eigenvalue weighted by Gasteiger charge is -2.13. The van der Waals surface area contributed by atoms with Crippen LogP contribution in [0.15, 0.2) is 30.3 Å². The number of para-hydroxylation sites is 1. The molecule has 94 valence electrons. The summed E-state index contributed by atoms with van der Waals surface area (Å²) in [4.78, 5) is 0. The number of benzene rings is 1. The van der Waals surface area contributed by atoms with Crippen LogP contribution in [-0.4, -0.2) is 15.3 Å². The van der Waals surface area contributed by atoms with Crippen LogP contribution in [0.25, 0.3) is 0 Å². The third-order valence-electron chi connectivity index (χ3n) is 2.61. The van der Waals surface area contributed by atoms with Gasteiger partial charge >= 0.3 is 0 Å². The van der Waals surface area contributed by atoms with E-state index in [0.717, 1.165) is 5.56 Å². The van der Waals surface area contributed by atoms with Crippen LogP contribution in [0.3, 0.4) is 0 Å². The van der Waals surface area contributed by atoms with Gasteiger partial charge in [0.25, 0.3) is 5.88 Å². The Hall–Kier alpha value is -2.10. The summed E-state index contributed by atoms with van der Waals surface area (Å²) < 4.78 is 5.63. The van der Waals surface area contributed by atoms with Gasteiger partial charge in [0, 0.05) is 6.07 Å². The van der Waals surface area contributed by atoms with E-state index in [0.29, 0.717) is 17.4 Å². The van der Waals surface area contributed by atoms with Gasteiger partial charge in [-0.05, 0) is 24.5 Å². The Balaban J connectivity index is 2.34. The maximum absolute atomic E-state index is 9.75. The van der Waals surface area contributed by atoms with Crippen LogP contribution in [0.5, 0.6) is 17.4 Å². The van der Waals surface area contributed by atoms with Crippen LogP contribution in [-0.2, 0) is 0 Å². The van der Waals surface area contributed by atoms with Crippen LogP contribution >= 0.6 is 0 Å². The summed E-state index contributed by atoms with van der Waals surface area (Å²) in [6.07, 6.45) is 0. The molecule has 0 amide bonds. The highest BCUT2D eigenvalue weighted by Crippen LogP contribution is 2.32.